The highest BCUT2D eigenvalue weighted by Crippen LogP contribution is 2.32. The lowest BCUT2D eigenvalue weighted by molar-refractivity contribution is -0.116. The summed E-state index contributed by atoms with van der Waals surface area (Å²) in [6, 6.07) is 12.6. The van der Waals surface area contributed by atoms with Gasteiger partial charge in [0.25, 0.3) is 5.56 Å². The summed E-state index contributed by atoms with van der Waals surface area (Å²) in [6.07, 6.45) is 7.48. The maximum Gasteiger partial charge on any atom is 0.259 e. The molecule has 1 aliphatic rings. The van der Waals surface area contributed by atoms with Gasteiger partial charge in [-0.05, 0) is 50.1 Å². The molecule has 3 aromatic rings. The van der Waals surface area contributed by atoms with Crippen molar-refractivity contribution in [1.29, 1.82) is 0 Å². The Balaban J connectivity index is 1.44. The molecule has 0 bridgehead atoms. The van der Waals surface area contributed by atoms with Gasteiger partial charge in [-0.1, -0.05) is 32.3 Å². The van der Waals surface area contributed by atoms with E-state index in [1.54, 1.807) is 30.5 Å². The molecule has 1 aliphatic heterocycles. The lowest BCUT2D eigenvalue weighted by Crippen LogP contribution is -2.27. The van der Waals surface area contributed by atoms with E-state index < -0.39 is 0 Å². The summed E-state index contributed by atoms with van der Waals surface area (Å²) < 4.78 is 18.6. The van der Waals surface area contributed by atoms with Gasteiger partial charge in [-0.15, -0.1) is 0 Å². The first-order valence-corrected chi connectivity index (χ1v) is 12.0. The van der Waals surface area contributed by atoms with Gasteiger partial charge in [0.1, 0.15) is 25.5 Å². The number of amides is 1. The summed E-state index contributed by atoms with van der Waals surface area (Å²) in [5, 5.41) is 4.12. The number of pyridine rings is 1. The molecule has 0 spiro atoms. The van der Waals surface area contributed by atoms with Crippen LogP contribution in [0.3, 0.4) is 0 Å². The van der Waals surface area contributed by atoms with E-state index in [0.29, 0.717) is 41.5 Å². The van der Waals surface area contributed by atoms with E-state index in [4.69, 9.17) is 14.2 Å². The van der Waals surface area contributed by atoms with Crippen molar-refractivity contribution in [1.82, 2.24) is 4.57 Å². The van der Waals surface area contributed by atoms with Crippen LogP contribution in [0.2, 0.25) is 0 Å². The zero-order chi connectivity index (χ0) is 23.9. The number of rotatable bonds is 10. The minimum Gasteiger partial charge on any atom is -0.490 e. The predicted molar refractivity (Wildman–Crippen MR) is 133 cm³/mol. The van der Waals surface area contributed by atoms with Crippen molar-refractivity contribution in [3.8, 4) is 17.2 Å². The van der Waals surface area contributed by atoms with E-state index in [2.05, 4.69) is 19.2 Å². The fourth-order valence-corrected chi connectivity index (χ4v) is 4.13. The van der Waals surface area contributed by atoms with Gasteiger partial charge in [0.2, 0.25) is 5.91 Å². The number of hydrogen-bond donors (Lipinski definition) is 1. The molecule has 1 atom stereocenters. The van der Waals surface area contributed by atoms with Crippen LogP contribution in [0.15, 0.2) is 53.5 Å². The molecule has 1 N–H and O–H groups in total. The minimum absolute atomic E-state index is 0.0710. The summed E-state index contributed by atoms with van der Waals surface area (Å²) in [4.78, 5) is 25.7. The molecule has 2 aromatic carbocycles. The van der Waals surface area contributed by atoms with Crippen molar-refractivity contribution < 1.29 is 19.0 Å². The number of nitrogens with zero attached hydrogens (tertiary/aromatic N) is 1. The van der Waals surface area contributed by atoms with Gasteiger partial charge >= 0.3 is 0 Å². The number of carbonyl (C=O) groups excluding carboxylic acids is 1. The Morgan fingerprint density at radius 2 is 1.88 bits per heavy atom. The van der Waals surface area contributed by atoms with Crippen LogP contribution >= 0.6 is 0 Å². The van der Waals surface area contributed by atoms with E-state index in [1.807, 2.05) is 18.2 Å². The maximum atomic E-state index is 13.1. The highest BCUT2D eigenvalue weighted by Gasteiger charge is 2.15. The van der Waals surface area contributed by atoms with E-state index in [9.17, 15) is 9.59 Å². The van der Waals surface area contributed by atoms with Crippen molar-refractivity contribution in [2.45, 2.75) is 58.6 Å². The monoisotopic (exact) mass is 464 g/mol. The quantitative estimate of drug-likeness (QED) is 0.420. The Hall–Kier alpha value is -3.48. The molecule has 0 fully saturated rings. The Bertz CT molecular complexity index is 1200. The number of benzene rings is 2. The van der Waals surface area contributed by atoms with Gasteiger partial charge < -0.3 is 24.1 Å². The van der Waals surface area contributed by atoms with Crippen LogP contribution in [-0.2, 0) is 11.3 Å². The number of fused-ring (bicyclic) bond motifs is 2. The predicted octanol–water partition coefficient (Wildman–Crippen LogP) is 5.15. The van der Waals surface area contributed by atoms with E-state index in [0.717, 1.165) is 18.2 Å². The number of hydrogen-bond acceptors (Lipinski definition) is 5. The average Bonchev–Trinajstić information content (AvgIpc) is 2.84. The summed E-state index contributed by atoms with van der Waals surface area (Å²) in [5.74, 6) is 1.65. The first-order chi connectivity index (χ1) is 16.5. The number of nitrogens with one attached hydrogen (secondary N) is 1. The second-order valence-electron chi connectivity index (χ2n) is 8.65. The molecular weight excluding hydrogens is 432 g/mol. The first-order valence-electron chi connectivity index (χ1n) is 12.0. The third-order valence-electron chi connectivity index (χ3n) is 5.91. The average molecular weight is 465 g/mol. The topological polar surface area (TPSA) is 78.8 Å². The second-order valence-corrected chi connectivity index (χ2v) is 8.65. The van der Waals surface area contributed by atoms with Crippen LogP contribution in [0.1, 0.15) is 46.0 Å². The fraction of sp³-hybridized carbons (Fsp3) is 0.407. The van der Waals surface area contributed by atoms with Crippen LogP contribution < -0.4 is 25.1 Å². The zero-order valence-corrected chi connectivity index (χ0v) is 19.8. The van der Waals surface area contributed by atoms with Gasteiger partial charge in [0.05, 0.1) is 11.5 Å². The SMILES string of the molecule is CCCCCCC(C)Oc1cccc2c(=O)n(CC(=O)Nc3ccc4c(c3)OCCO4)ccc12. The molecule has 1 unspecified atom stereocenters. The van der Waals surface area contributed by atoms with Crippen LogP contribution in [0.5, 0.6) is 17.2 Å². The van der Waals surface area contributed by atoms with E-state index in [-0.39, 0.29) is 24.1 Å². The molecule has 7 heteroatoms. The summed E-state index contributed by atoms with van der Waals surface area (Å²) in [6.45, 7) is 5.15. The molecule has 0 aliphatic carbocycles. The van der Waals surface area contributed by atoms with Crippen LogP contribution in [0.25, 0.3) is 10.8 Å². The van der Waals surface area contributed by atoms with Gasteiger partial charge in [-0.3, -0.25) is 9.59 Å². The fourth-order valence-electron chi connectivity index (χ4n) is 4.13. The molecule has 2 heterocycles. The van der Waals surface area contributed by atoms with E-state index >= 15 is 0 Å². The molecule has 7 nitrogen and oxygen atoms in total. The highest BCUT2D eigenvalue weighted by molar-refractivity contribution is 5.92. The molecular formula is C27H32N2O5. The highest BCUT2D eigenvalue weighted by atomic mass is 16.6. The smallest absolute Gasteiger partial charge is 0.259 e. The van der Waals surface area contributed by atoms with Gasteiger partial charge in [-0.25, -0.2) is 0 Å². The molecule has 4 rings (SSSR count). The van der Waals surface area contributed by atoms with Gasteiger partial charge in [0, 0.05) is 23.3 Å². The Morgan fingerprint density at radius 3 is 2.71 bits per heavy atom. The number of anilines is 1. The largest absolute Gasteiger partial charge is 0.490 e. The maximum absolute atomic E-state index is 13.1. The number of carbonyl (C=O) groups is 1. The van der Waals surface area contributed by atoms with Crippen molar-refractivity contribution in [3.05, 3.63) is 59.0 Å². The molecule has 34 heavy (non-hydrogen) atoms. The summed E-state index contributed by atoms with van der Waals surface area (Å²) in [5.41, 5.74) is 0.363. The van der Waals surface area contributed by atoms with Crippen LogP contribution in [0.4, 0.5) is 5.69 Å². The molecule has 1 aromatic heterocycles. The lowest BCUT2D eigenvalue weighted by atomic mass is 10.1. The van der Waals surface area contributed by atoms with Crippen molar-refractivity contribution in [2.75, 3.05) is 18.5 Å². The number of aromatic nitrogens is 1. The normalized spacial score (nSPS) is 13.5. The molecule has 0 saturated carbocycles. The third-order valence-corrected chi connectivity index (χ3v) is 5.91. The standard InChI is InChI=1S/C27H32N2O5/c1-3-4-5-6-8-19(2)34-23-10-7-9-22-21(23)13-14-29(27(22)31)18-26(30)28-20-11-12-24-25(17-20)33-16-15-32-24/h7,9-14,17,19H,3-6,8,15-16,18H2,1-2H3,(H,28,30). The van der Waals surface area contributed by atoms with Gasteiger partial charge in [-0.2, -0.15) is 0 Å². The molecule has 0 radical (unpaired) electrons. The second kappa shape index (κ2) is 11.1. The Morgan fingerprint density at radius 1 is 1.06 bits per heavy atom. The Labute approximate surface area is 199 Å². The lowest BCUT2D eigenvalue weighted by Gasteiger charge is -2.19. The van der Waals surface area contributed by atoms with Crippen molar-refractivity contribution in [3.63, 3.8) is 0 Å². The summed E-state index contributed by atoms with van der Waals surface area (Å²) >= 11 is 0. The van der Waals surface area contributed by atoms with Crippen molar-refractivity contribution >= 4 is 22.4 Å². The van der Waals surface area contributed by atoms with Crippen molar-refractivity contribution in [2.24, 2.45) is 0 Å². The van der Waals surface area contributed by atoms with Crippen LogP contribution in [0, 0.1) is 0 Å². The van der Waals surface area contributed by atoms with Crippen LogP contribution in [-0.4, -0.2) is 29.8 Å². The first kappa shape index (κ1) is 23.7. The minimum atomic E-state index is -0.300. The summed E-state index contributed by atoms with van der Waals surface area (Å²) in [7, 11) is 0. The zero-order valence-electron chi connectivity index (χ0n) is 19.8. The Kier molecular flexibility index (Phi) is 7.72. The molecule has 180 valence electrons. The molecule has 1 amide bonds. The molecule has 0 saturated heterocycles. The van der Waals surface area contributed by atoms with Gasteiger partial charge in [0.15, 0.2) is 11.5 Å². The number of unbranched alkanes of at least 4 members (excludes halogenated alkanes) is 3. The third kappa shape index (κ3) is 5.71. The number of ether oxygens (including phenoxy) is 3. The van der Waals surface area contributed by atoms with E-state index in [1.165, 1.54) is 23.8 Å².